The molecule has 2 aromatic rings. The largest absolute Gasteiger partial charge is 0.357 e. The first kappa shape index (κ1) is 19.4. The highest BCUT2D eigenvalue weighted by Gasteiger charge is 2.05. The van der Waals surface area contributed by atoms with Crippen LogP contribution in [-0.4, -0.2) is 40.4 Å². The van der Waals surface area contributed by atoms with E-state index in [0.29, 0.717) is 0 Å². The third-order valence-electron chi connectivity index (χ3n) is 3.89. The van der Waals surface area contributed by atoms with Gasteiger partial charge in [-0.1, -0.05) is 0 Å². The first-order valence-corrected chi connectivity index (χ1v) is 9.77. The summed E-state index contributed by atoms with van der Waals surface area (Å²) >= 11 is 1.78. The molecular formula is C18H30N6S. The molecule has 0 aliphatic heterocycles. The Morgan fingerprint density at radius 1 is 1.24 bits per heavy atom. The molecule has 0 amide bonds. The minimum absolute atomic E-state index is 0.784. The van der Waals surface area contributed by atoms with E-state index in [9.17, 15) is 0 Å². The summed E-state index contributed by atoms with van der Waals surface area (Å²) in [5.41, 5.74) is 3.43. The average molecular weight is 363 g/mol. The Morgan fingerprint density at radius 3 is 2.64 bits per heavy atom. The van der Waals surface area contributed by atoms with E-state index in [1.165, 1.54) is 10.6 Å². The molecule has 2 heterocycles. The van der Waals surface area contributed by atoms with Gasteiger partial charge in [-0.2, -0.15) is 5.10 Å². The minimum Gasteiger partial charge on any atom is -0.357 e. The van der Waals surface area contributed by atoms with Crippen LogP contribution in [0.3, 0.4) is 0 Å². The van der Waals surface area contributed by atoms with Crippen LogP contribution in [0.5, 0.6) is 0 Å². The summed E-state index contributed by atoms with van der Waals surface area (Å²) in [6, 6.07) is 2.11. The Morgan fingerprint density at radius 2 is 2.04 bits per heavy atom. The molecule has 0 saturated carbocycles. The monoisotopic (exact) mass is 362 g/mol. The number of aromatic nitrogens is 3. The Labute approximate surface area is 154 Å². The molecule has 0 saturated heterocycles. The highest BCUT2D eigenvalue weighted by Crippen LogP contribution is 2.16. The Balaban J connectivity index is 1.77. The maximum atomic E-state index is 4.66. The van der Waals surface area contributed by atoms with E-state index < -0.39 is 0 Å². The van der Waals surface area contributed by atoms with Gasteiger partial charge in [0, 0.05) is 43.2 Å². The van der Waals surface area contributed by atoms with Crippen molar-refractivity contribution in [2.75, 3.05) is 19.6 Å². The fraction of sp³-hybridized carbons (Fsp3) is 0.611. The van der Waals surface area contributed by atoms with Crippen molar-refractivity contribution >= 4 is 17.3 Å². The van der Waals surface area contributed by atoms with Gasteiger partial charge in [0.15, 0.2) is 5.96 Å². The van der Waals surface area contributed by atoms with Crippen LogP contribution < -0.4 is 10.6 Å². The van der Waals surface area contributed by atoms with Gasteiger partial charge in [0.25, 0.3) is 0 Å². The van der Waals surface area contributed by atoms with Crippen molar-refractivity contribution in [2.24, 2.45) is 4.99 Å². The van der Waals surface area contributed by atoms with Crippen molar-refractivity contribution in [3.05, 3.63) is 33.0 Å². The molecule has 0 fully saturated rings. The summed E-state index contributed by atoms with van der Waals surface area (Å²) in [6.07, 6.45) is 1.96. The molecule has 0 bridgehead atoms. The molecule has 7 heteroatoms. The molecule has 138 valence electrons. The zero-order chi connectivity index (χ0) is 18.2. The number of nitrogens with zero attached hydrogens (tertiary/aromatic N) is 4. The summed E-state index contributed by atoms with van der Waals surface area (Å²) in [7, 11) is 0. The standard InChI is InChI=1S/C18H30N6S/c1-6-19-18(21-10-8-17-15(4)22-16(5)25-17)20-9-7-11-24-14(3)12-13(2)23-24/h12H,6-11H2,1-5H3,(H2,19,20,21). The molecular weight excluding hydrogens is 332 g/mol. The van der Waals surface area contributed by atoms with E-state index in [0.717, 1.165) is 61.4 Å². The molecule has 25 heavy (non-hydrogen) atoms. The number of thiazole rings is 1. The SMILES string of the molecule is CCNC(=NCCCn1nc(C)cc1C)NCCc1sc(C)nc1C. The van der Waals surface area contributed by atoms with Gasteiger partial charge in [-0.15, -0.1) is 11.3 Å². The van der Waals surface area contributed by atoms with Crippen molar-refractivity contribution in [1.29, 1.82) is 0 Å². The smallest absolute Gasteiger partial charge is 0.191 e. The fourth-order valence-corrected chi connectivity index (χ4v) is 3.69. The lowest BCUT2D eigenvalue weighted by Gasteiger charge is -2.11. The molecule has 2 aromatic heterocycles. The lowest BCUT2D eigenvalue weighted by atomic mass is 10.3. The van der Waals surface area contributed by atoms with Gasteiger partial charge in [0.05, 0.1) is 16.4 Å². The van der Waals surface area contributed by atoms with Crippen LogP contribution in [0.15, 0.2) is 11.1 Å². The Bertz CT molecular complexity index is 700. The molecule has 2 rings (SSSR count). The molecule has 6 nitrogen and oxygen atoms in total. The zero-order valence-corrected chi connectivity index (χ0v) is 16.8. The number of aliphatic imine (C=N–C) groups is 1. The van der Waals surface area contributed by atoms with Crippen molar-refractivity contribution in [3.63, 3.8) is 0 Å². The maximum absolute atomic E-state index is 4.66. The van der Waals surface area contributed by atoms with Gasteiger partial charge < -0.3 is 10.6 Å². The number of hydrogen-bond acceptors (Lipinski definition) is 4. The molecule has 0 atom stereocenters. The first-order chi connectivity index (χ1) is 12.0. The summed E-state index contributed by atoms with van der Waals surface area (Å²) in [6.45, 7) is 13.8. The number of guanidine groups is 1. The fourth-order valence-electron chi connectivity index (χ4n) is 2.75. The summed E-state index contributed by atoms with van der Waals surface area (Å²) in [5, 5.41) is 12.3. The molecule has 0 aromatic carbocycles. The van der Waals surface area contributed by atoms with Gasteiger partial charge >= 0.3 is 0 Å². The van der Waals surface area contributed by atoms with Crippen molar-refractivity contribution in [3.8, 4) is 0 Å². The quantitative estimate of drug-likeness (QED) is 0.430. The number of hydrogen-bond donors (Lipinski definition) is 2. The Kier molecular flexibility index (Phi) is 7.43. The normalized spacial score (nSPS) is 11.8. The van der Waals surface area contributed by atoms with E-state index in [1.807, 2.05) is 6.92 Å². The van der Waals surface area contributed by atoms with Gasteiger partial charge in [-0.3, -0.25) is 9.67 Å². The summed E-state index contributed by atoms with van der Waals surface area (Å²) in [4.78, 5) is 10.5. The summed E-state index contributed by atoms with van der Waals surface area (Å²) in [5.74, 6) is 0.884. The Hall–Kier alpha value is -1.89. The molecule has 0 radical (unpaired) electrons. The van der Waals surface area contributed by atoms with E-state index >= 15 is 0 Å². The molecule has 0 unspecified atom stereocenters. The second-order valence-corrected chi connectivity index (χ2v) is 7.47. The van der Waals surface area contributed by atoms with Gasteiger partial charge in [0.1, 0.15) is 0 Å². The molecule has 0 aliphatic carbocycles. The number of aryl methyl sites for hydroxylation is 5. The highest BCUT2D eigenvalue weighted by molar-refractivity contribution is 7.11. The molecule has 0 aliphatic rings. The molecule has 2 N–H and O–H groups in total. The van der Waals surface area contributed by atoms with Crippen molar-refractivity contribution in [2.45, 2.75) is 54.0 Å². The van der Waals surface area contributed by atoms with Crippen LogP contribution in [0.4, 0.5) is 0 Å². The van der Waals surface area contributed by atoms with Gasteiger partial charge in [-0.25, -0.2) is 4.98 Å². The van der Waals surface area contributed by atoms with Crippen LogP contribution >= 0.6 is 11.3 Å². The van der Waals surface area contributed by atoms with Gasteiger partial charge in [-0.05, 0) is 47.1 Å². The second kappa shape index (κ2) is 9.56. The predicted octanol–water partition coefficient (Wildman–Crippen LogP) is 2.76. The zero-order valence-electron chi connectivity index (χ0n) is 16.0. The van der Waals surface area contributed by atoms with E-state index in [1.54, 1.807) is 11.3 Å². The summed E-state index contributed by atoms with van der Waals surface area (Å²) < 4.78 is 2.06. The lowest BCUT2D eigenvalue weighted by molar-refractivity contribution is 0.567. The van der Waals surface area contributed by atoms with Gasteiger partial charge in [0.2, 0.25) is 0 Å². The topological polar surface area (TPSA) is 67.1 Å². The maximum Gasteiger partial charge on any atom is 0.191 e. The van der Waals surface area contributed by atoms with Crippen LogP contribution in [0.2, 0.25) is 0 Å². The predicted molar refractivity (Wildman–Crippen MR) is 106 cm³/mol. The average Bonchev–Trinajstić information content (AvgIpc) is 3.04. The number of nitrogens with one attached hydrogen (secondary N) is 2. The third-order valence-corrected chi connectivity index (χ3v) is 5.02. The molecule has 0 spiro atoms. The van der Waals surface area contributed by atoms with E-state index in [2.05, 4.69) is 64.2 Å². The van der Waals surface area contributed by atoms with Crippen LogP contribution in [0.25, 0.3) is 0 Å². The van der Waals surface area contributed by atoms with Crippen molar-refractivity contribution in [1.82, 2.24) is 25.4 Å². The van der Waals surface area contributed by atoms with E-state index in [4.69, 9.17) is 0 Å². The third kappa shape index (κ3) is 6.16. The van der Waals surface area contributed by atoms with Crippen LogP contribution in [0, 0.1) is 27.7 Å². The van der Waals surface area contributed by atoms with Crippen molar-refractivity contribution < 1.29 is 0 Å². The highest BCUT2D eigenvalue weighted by atomic mass is 32.1. The lowest BCUT2D eigenvalue weighted by Crippen LogP contribution is -2.38. The number of rotatable bonds is 8. The first-order valence-electron chi connectivity index (χ1n) is 8.95. The van der Waals surface area contributed by atoms with E-state index in [-0.39, 0.29) is 0 Å². The van der Waals surface area contributed by atoms with Crippen LogP contribution in [0.1, 0.15) is 40.3 Å². The minimum atomic E-state index is 0.784. The van der Waals surface area contributed by atoms with Crippen LogP contribution in [-0.2, 0) is 13.0 Å². The second-order valence-electron chi connectivity index (χ2n) is 6.18.